The number of nitrogens with zero attached hydrogens (tertiary/aromatic N) is 2. The van der Waals surface area contributed by atoms with Crippen molar-refractivity contribution in [2.45, 2.75) is 0 Å². The smallest absolute Gasteiger partial charge is 0.256 e. The summed E-state index contributed by atoms with van der Waals surface area (Å²) in [5.41, 5.74) is 4.57. The van der Waals surface area contributed by atoms with Crippen LogP contribution in [0.4, 0.5) is 14.5 Å². The van der Waals surface area contributed by atoms with E-state index >= 15 is 0 Å². The van der Waals surface area contributed by atoms with Crippen LogP contribution in [0.25, 0.3) is 0 Å². The summed E-state index contributed by atoms with van der Waals surface area (Å²) in [5, 5.41) is 5.53. The van der Waals surface area contributed by atoms with Crippen LogP contribution in [0.2, 0.25) is 0 Å². The van der Waals surface area contributed by atoms with E-state index in [2.05, 4.69) is 10.2 Å². The van der Waals surface area contributed by atoms with Gasteiger partial charge in [0.1, 0.15) is 0 Å². The molecule has 1 aromatic rings. The summed E-state index contributed by atoms with van der Waals surface area (Å²) < 4.78 is 24.0. The molecule has 3 nitrogen and oxygen atoms in total. The summed E-state index contributed by atoms with van der Waals surface area (Å²) in [5.74, 6) is -1.83. The summed E-state index contributed by atoms with van der Waals surface area (Å²) >= 11 is 0. The lowest BCUT2D eigenvalue weighted by molar-refractivity contribution is 0.511. The van der Waals surface area contributed by atoms with Crippen LogP contribution in [0, 0.1) is 11.9 Å². The van der Waals surface area contributed by atoms with E-state index in [1.165, 1.54) is 0 Å². The second kappa shape index (κ2) is 1.93. The zero-order valence-electron chi connectivity index (χ0n) is 4.31. The van der Waals surface area contributed by atoms with Crippen molar-refractivity contribution in [1.29, 1.82) is 0 Å². The molecule has 0 spiro atoms. The fraction of sp³-hybridized carbons (Fsp3) is 0. The first-order chi connectivity index (χ1) is 4.20. The van der Waals surface area contributed by atoms with Gasteiger partial charge in [0, 0.05) is 6.07 Å². The molecule has 0 aromatic carbocycles. The Balaban J connectivity index is 3.17. The fourth-order valence-corrected chi connectivity index (χ4v) is 0.366. The second-order valence-corrected chi connectivity index (χ2v) is 1.41. The van der Waals surface area contributed by atoms with Crippen LogP contribution in [-0.2, 0) is 0 Å². The summed E-state index contributed by atoms with van der Waals surface area (Å²) in [4.78, 5) is 0. The number of anilines is 1. The van der Waals surface area contributed by atoms with Crippen LogP contribution in [0.15, 0.2) is 6.07 Å². The van der Waals surface area contributed by atoms with Gasteiger partial charge in [-0.05, 0) is 0 Å². The maximum atomic E-state index is 12.0. The highest BCUT2D eigenvalue weighted by molar-refractivity contribution is 5.33. The number of aromatic nitrogens is 2. The van der Waals surface area contributed by atoms with Crippen LogP contribution >= 0.6 is 0 Å². The Morgan fingerprint density at radius 3 is 2.44 bits per heavy atom. The molecule has 0 fully saturated rings. The van der Waals surface area contributed by atoms with Crippen molar-refractivity contribution in [3.8, 4) is 0 Å². The molecule has 2 N–H and O–H groups in total. The van der Waals surface area contributed by atoms with E-state index in [1.54, 1.807) is 0 Å². The van der Waals surface area contributed by atoms with Crippen molar-refractivity contribution in [2.75, 3.05) is 5.73 Å². The average Bonchev–Trinajstić information content (AvgIpc) is 1.80. The van der Waals surface area contributed by atoms with E-state index in [-0.39, 0.29) is 5.69 Å². The molecule has 1 heterocycles. The Morgan fingerprint density at radius 1 is 1.33 bits per heavy atom. The Labute approximate surface area is 49.5 Å². The molecule has 0 aliphatic rings. The highest BCUT2D eigenvalue weighted by Gasteiger charge is 1.99. The molecule has 0 atom stereocenters. The molecule has 48 valence electrons. The molecule has 0 unspecified atom stereocenters. The highest BCUT2D eigenvalue weighted by Crippen LogP contribution is 2.03. The number of hydrogen-bond acceptors (Lipinski definition) is 3. The van der Waals surface area contributed by atoms with Gasteiger partial charge in [0.25, 0.3) is 5.95 Å². The summed E-state index contributed by atoms with van der Waals surface area (Å²) in [6.07, 6.45) is 0. The predicted octanol–water partition coefficient (Wildman–Crippen LogP) is 0.337. The standard InChI is InChI=1S/C4H3F2N3/c5-3-1-2(7)4(6)9-8-3/h1H,(H2,7,8). The third-order valence-electron chi connectivity index (χ3n) is 0.746. The summed E-state index contributed by atoms with van der Waals surface area (Å²) in [7, 11) is 0. The van der Waals surface area contributed by atoms with Gasteiger partial charge in [-0.15, -0.1) is 10.2 Å². The van der Waals surface area contributed by atoms with Crippen LogP contribution in [0.3, 0.4) is 0 Å². The highest BCUT2D eigenvalue weighted by atomic mass is 19.1. The average molecular weight is 131 g/mol. The topological polar surface area (TPSA) is 51.8 Å². The lowest BCUT2D eigenvalue weighted by atomic mass is 10.5. The van der Waals surface area contributed by atoms with Crippen molar-refractivity contribution in [3.05, 3.63) is 18.0 Å². The predicted molar refractivity (Wildman–Crippen MR) is 26.4 cm³/mol. The molecule has 0 aliphatic heterocycles. The van der Waals surface area contributed by atoms with Crippen molar-refractivity contribution >= 4 is 5.69 Å². The second-order valence-electron chi connectivity index (χ2n) is 1.41. The molecule has 0 saturated heterocycles. The minimum Gasteiger partial charge on any atom is -0.395 e. The zero-order chi connectivity index (χ0) is 6.85. The van der Waals surface area contributed by atoms with E-state index < -0.39 is 11.9 Å². The van der Waals surface area contributed by atoms with Gasteiger partial charge in [0.05, 0.1) is 5.69 Å². The quantitative estimate of drug-likeness (QED) is 0.552. The third kappa shape index (κ3) is 1.10. The number of nitrogen functional groups attached to an aromatic ring is 1. The van der Waals surface area contributed by atoms with Crippen molar-refractivity contribution in [3.63, 3.8) is 0 Å². The lowest BCUT2D eigenvalue weighted by Crippen LogP contribution is -1.98. The third-order valence-corrected chi connectivity index (χ3v) is 0.746. The Morgan fingerprint density at radius 2 is 2.00 bits per heavy atom. The van der Waals surface area contributed by atoms with Crippen LogP contribution in [0.1, 0.15) is 0 Å². The van der Waals surface area contributed by atoms with Gasteiger partial charge < -0.3 is 5.73 Å². The maximum absolute atomic E-state index is 12.0. The fourth-order valence-electron chi connectivity index (χ4n) is 0.366. The molecular formula is C4H3F2N3. The van der Waals surface area contributed by atoms with Gasteiger partial charge in [0.2, 0.25) is 5.95 Å². The molecule has 1 aromatic heterocycles. The SMILES string of the molecule is Nc1cc(F)nnc1F. The maximum Gasteiger partial charge on any atom is 0.256 e. The molecule has 1 rings (SSSR count). The first kappa shape index (κ1) is 5.87. The van der Waals surface area contributed by atoms with Gasteiger partial charge in [-0.3, -0.25) is 0 Å². The van der Waals surface area contributed by atoms with Crippen LogP contribution < -0.4 is 5.73 Å². The van der Waals surface area contributed by atoms with Crippen molar-refractivity contribution in [1.82, 2.24) is 10.2 Å². The Hall–Kier alpha value is -1.26. The minimum atomic E-state index is -0.948. The van der Waals surface area contributed by atoms with E-state index in [0.717, 1.165) is 6.07 Å². The van der Waals surface area contributed by atoms with Gasteiger partial charge in [-0.2, -0.15) is 8.78 Å². The lowest BCUT2D eigenvalue weighted by Gasteiger charge is -1.90. The van der Waals surface area contributed by atoms with Crippen LogP contribution in [-0.4, -0.2) is 10.2 Å². The number of halogens is 2. The summed E-state index contributed by atoms with van der Waals surface area (Å²) in [6.45, 7) is 0. The number of hydrogen-bond donors (Lipinski definition) is 1. The summed E-state index contributed by atoms with van der Waals surface area (Å²) in [6, 6.07) is 0.766. The molecule has 0 amide bonds. The first-order valence-electron chi connectivity index (χ1n) is 2.14. The Bertz CT molecular complexity index is 225. The molecule has 0 aliphatic carbocycles. The van der Waals surface area contributed by atoms with Crippen molar-refractivity contribution in [2.24, 2.45) is 0 Å². The minimum absolute atomic E-state index is 0.331. The molecule has 0 saturated carbocycles. The first-order valence-corrected chi connectivity index (χ1v) is 2.14. The van der Waals surface area contributed by atoms with Gasteiger partial charge in [-0.25, -0.2) is 0 Å². The van der Waals surface area contributed by atoms with E-state index in [0.29, 0.717) is 0 Å². The van der Waals surface area contributed by atoms with Crippen LogP contribution in [0.5, 0.6) is 0 Å². The normalized spacial score (nSPS) is 9.56. The number of rotatable bonds is 0. The monoisotopic (exact) mass is 131 g/mol. The largest absolute Gasteiger partial charge is 0.395 e. The van der Waals surface area contributed by atoms with Crippen molar-refractivity contribution < 1.29 is 8.78 Å². The van der Waals surface area contributed by atoms with Gasteiger partial charge >= 0.3 is 0 Å². The zero-order valence-corrected chi connectivity index (χ0v) is 4.31. The number of nitrogens with two attached hydrogens (primary N) is 1. The Kier molecular flexibility index (Phi) is 1.26. The van der Waals surface area contributed by atoms with E-state index in [9.17, 15) is 8.78 Å². The molecular weight excluding hydrogens is 128 g/mol. The van der Waals surface area contributed by atoms with E-state index in [4.69, 9.17) is 5.73 Å². The van der Waals surface area contributed by atoms with E-state index in [1.807, 2.05) is 0 Å². The molecule has 5 heteroatoms. The molecule has 0 radical (unpaired) electrons. The molecule has 9 heavy (non-hydrogen) atoms. The molecule has 0 bridgehead atoms. The van der Waals surface area contributed by atoms with Gasteiger partial charge in [-0.1, -0.05) is 0 Å². The van der Waals surface area contributed by atoms with Gasteiger partial charge in [0.15, 0.2) is 0 Å².